The topological polar surface area (TPSA) is 97.2 Å². The van der Waals surface area contributed by atoms with Gasteiger partial charge >= 0.3 is 0 Å². The van der Waals surface area contributed by atoms with E-state index < -0.39 is 0 Å². The van der Waals surface area contributed by atoms with E-state index in [0.717, 1.165) is 35.5 Å². The predicted molar refractivity (Wildman–Crippen MR) is 141 cm³/mol. The van der Waals surface area contributed by atoms with E-state index in [0.29, 0.717) is 41.2 Å². The fourth-order valence-electron chi connectivity index (χ4n) is 4.43. The number of carbonyl (C=O) groups excluding carboxylic acids is 1. The van der Waals surface area contributed by atoms with Crippen molar-refractivity contribution in [2.75, 3.05) is 29.2 Å². The molecule has 184 valence electrons. The Morgan fingerprint density at radius 3 is 2.69 bits per heavy atom. The summed E-state index contributed by atoms with van der Waals surface area (Å²) in [5.41, 5.74) is 4.24. The summed E-state index contributed by atoms with van der Waals surface area (Å²) in [4.78, 5) is 23.3. The fraction of sp³-hybridized carbons (Fsp3) is 0.231. The van der Waals surface area contributed by atoms with Crippen LogP contribution in [0, 0.1) is 0 Å². The molecular weight excluding hydrogens is 478 g/mol. The first-order chi connectivity index (χ1) is 17.6. The number of fused-ring (bicyclic) bond motifs is 1. The van der Waals surface area contributed by atoms with E-state index in [9.17, 15) is 4.79 Å². The van der Waals surface area contributed by atoms with Gasteiger partial charge in [0, 0.05) is 30.9 Å². The number of benzene rings is 2. The minimum atomic E-state index is 0.131. The highest BCUT2D eigenvalue weighted by Gasteiger charge is 2.25. The Hall–Kier alpha value is -4.11. The monoisotopic (exact) mass is 503 g/mol. The van der Waals surface area contributed by atoms with Crippen molar-refractivity contribution in [1.29, 1.82) is 0 Å². The van der Waals surface area contributed by atoms with Gasteiger partial charge in [0.2, 0.25) is 11.9 Å². The molecule has 5 rings (SSSR count). The number of nitrogens with one attached hydrogen (secondary N) is 2. The maximum Gasteiger partial charge on any atom is 0.229 e. The van der Waals surface area contributed by atoms with Gasteiger partial charge in [0.15, 0.2) is 5.82 Å². The Labute approximate surface area is 214 Å². The number of methoxy groups -OCH3 is 1. The summed E-state index contributed by atoms with van der Waals surface area (Å²) in [6.07, 6.45) is 7.16. The van der Waals surface area contributed by atoms with Crippen LogP contribution in [0.25, 0.3) is 5.69 Å². The quantitative estimate of drug-likeness (QED) is 0.343. The summed E-state index contributed by atoms with van der Waals surface area (Å²) < 4.78 is 7.56. The Balaban J connectivity index is 1.46. The molecule has 1 aliphatic rings. The van der Waals surface area contributed by atoms with E-state index >= 15 is 0 Å². The molecule has 0 radical (unpaired) electrons. The Morgan fingerprint density at radius 2 is 1.92 bits per heavy atom. The molecule has 0 unspecified atom stereocenters. The van der Waals surface area contributed by atoms with Crippen LogP contribution in [0.4, 0.5) is 28.8 Å². The first kappa shape index (κ1) is 23.6. The number of amides is 1. The van der Waals surface area contributed by atoms with Crippen LogP contribution in [0.1, 0.15) is 25.3 Å². The highest BCUT2D eigenvalue weighted by atomic mass is 35.5. The van der Waals surface area contributed by atoms with Crippen LogP contribution in [-0.2, 0) is 11.2 Å². The van der Waals surface area contributed by atoms with Gasteiger partial charge in [0.1, 0.15) is 10.8 Å². The Kier molecular flexibility index (Phi) is 6.73. The molecule has 0 atom stereocenters. The van der Waals surface area contributed by atoms with Gasteiger partial charge in [-0.1, -0.05) is 23.7 Å². The molecule has 1 amide bonds. The predicted octanol–water partition coefficient (Wildman–Crippen LogP) is 5.50. The first-order valence-corrected chi connectivity index (χ1v) is 12.1. The maximum atomic E-state index is 12.5. The lowest BCUT2D eigenvalue weighted by Crippen LogP contribution is -2.29. The zero-order valence-corrected chi connectivity index (χ0v) is 20.8. The number of para-hydroxylation sites is 2. The summed E-state index contributed by atoms with van der Waals surface area (Å²) in [5, 5.41) is 11.3. The molecule has 2 N–H and O–H groups in total. The number of hydrogen-bond donors (Lipinski definition) is 2. The molecular formula is C26H26ClN7O2. The molecule has 2 aromatic carbocycles. The molecule has 0 saturated heterocycles. The van der Waals surface area contributed by atoms with E-state index in [1.54, 1.807) is 24.2 Å². The van der Waals surface area contributed by atoms with Gasteiger partial charge < -0.3 is 20.3 Å². The van der Waals surface area contributed by atoms with E-state index in [-0.39, 0.29) is 5.91 Å². The minimum Gasteiger partial charge on any atom is -0.494 e. The van der Waals surface area contributed by atoms with Gasteiger partial charge in [-0.2, -0.15) is 10.1 Å². The fourth-order valence-corrected chi connectivity index (χ4v) is 4.57. The van der Waals surface area contributed by atoms with Crippen LogP contribution in [0.15, 0.2) is 61.1 Å². The first-order valence-electron chi connectivity index (χ1n) is 11.7. The lowest BCUT2D eigenvalue weighted by atomic mass is 10.0. The van der Waals surface area contributed by atoms with Crippen molar-refractivity contribution >= 4 is 46.3 Å². The second kappa shape index (κ2) is 10.2. The molecule has 0 fully saturated rings. The number of nitrogens with zero attached hydrogens (tertiary/aromatic N) is 5. The van der Waals surface area contributed by atoms with Crippen molar-refractivity contribution in [3.63, 3.8) is 0 Å². The summed E-state index contributed by atoms with van der Waals surface area (Å²) >= 11 is 6.44. The number of halogens is 1. The SMILES string of the molecule is CCN1C(=O)CCCc2c1ccc(Nc1ncc(Cl)c(Nc3ccccc3-n3cccn3)n1)c2OC. The van der Waals surface area contributed by atoms with E-state index in [1.807, 2.05) is 60.5 Å². The van der Waals surface area contributed by atoms with E-state index in [4.69, 9.17) is 16.3 Å². The number of hydrogen-bond acceptors (Lipinski definition) is 7. The number of aromatic nitrogens is 4. The van der Waals surface area contributed by atoms with Crippen LogP contribution in [0.3, 0.4) is 0 Å². The normalized spacial score (nSPS) is 13.2. The highest BCUT2D eigenvalue weighted by Crippen LogP contribution is 2.40. The van der Waals surface area contributed by atoms with Crippen LogP contribution >= 0.6 is 11.6 Å². The lowest BCUT2D eigenvalue weighted by Gasteiger charge is -2.24. The zero-order chi connectivity index (χ0) is 25.1. The van der Waals surface area contributed by atoms with Crippen molar-refractivity contribution in [3.8, 4) is 11.4 Å². The van der Waals surface area contributed by atoms with Crippen LogP contribution in [0.5, 0.6) is 5.75 Å². The molecule has 36 heavy (non-hydrogen) atoms. The third-order valence-electron chi connectivity index (χ3n) is 6.06. The molecule has 0 saturated carbocycles. The minimum absolute atomic E-state index is 0.131. The van der Waals surface area contributed by atoms with Gasteiger partial charge in [-0.15, -0.1) is 0 Å². The summed E-state index contributed by atoms with van der Waals surface area (Å²) in [5.74, 6) is 1.61. The average molecular weight is 504 g/mol. The van der Waals surface area contributed by atoms with Crippen molar-refractivity contribution in [3.05, 3.63) is 71.6 Å². The number of anilines is 5. The third-order valence-corrected chi connectivity index (χ3v) is 6.34. The van der Waals surface area contributed by atoms with E-state index in [1.165, 1.54) is 0 Å². The van der Waals surface area contributed by atoms with Crippen LogP contribution < -0.4 is 20.3 Å². The largest absolute Gasteiger partial charge is 0.494 e. The van der Waals surface area contributed by atoms with Gasteiger partial charge in [0.25, 0.3) is 0 Å². The zero-order valence-electron chi connectivity index (χ0n) is 20.0. The summed E-state index contributed by atoms with van der Waals surface area (Å²) in [6, 6.07) is 13.4. The number of ether oxygens (including phenoxy) is 1. The molecule has 0 bridgehead atoms. The number of rotatable bonds is 7. The molecule has 1 aliphatic heterocycles. The highest BCUT2D eigenvalue weighted by molar-refractivity contribution is 6.33. The van der Waals surface area contributed by atoms with Gasteiger partial charge in [-0.3, -0.25) is 4.79 Å². The lowest BCUT2D eigenvalue weighted by molar-refractivity contribution is -0.118. The standard InChI is InChI=1S/C26H26ClN7O2/c1-3-33-21-13-12-20(24(36-2)17(21)8-6-11-23(33)35)31-26-28-16-18(27)25(32-26)30-19-9-4-5-10-22(19)34-15-7-14-29-34/h4-5,7,9-10,12-16H,3,6,8,11H2,1-2H3,(H2,28,30,31,32). The van der Waals surface area contributed by atoms with Crippen molar-refractivity contribution in [2.24, 2.45) is 0 Å². The summed E-state index contributed by atoms with van der Waals surface area (Å²) in [6.45, 7) is 2.59. The second-order valence-corrected chi connectivity index (χ2v) is 8.65. The Bertz CT molecular complexity index is 1390. The molecule has 4 aromatic rings. The molecule has 2 aromatic heterocycles. The van der Waals surface area contributed by atoms with Crippen molar-refractivity contribution in [1.82, 2.24) is 19.7 Å². The van der Waals surface area contributed by atoms with Crippen molar-refractivity contribution in [2.45, 2.75) is 26.2 Å². The van der Waals surface area contributed by atoms with Gasteiger partial charge in [-0.05, 0) is 50.1 Å². The average Bonchev–Trinajstić information content (AvgIpc) is 3.37. The molecule has 10 heteroatoms. The van der Waals surface area contributed by atoms with Crippen LogP contribution in [0.2, 0.25) is 5.02 Å². The van der Waals surface area contributed by atoms with Crippen molar-refractivity contribution < 1.29 is 9.53 Å². The second-order valence-electron chi connectivity index (χ2n) is 8.24. The third kappa shape index (κ3) is 4.57. The Morgan fingerprint density at radius 1 is 1.06 bits per heavy atom. The van der Waals surface area contributed by atoms with Gasteiger partial charge in [0.05, 0.1) is 36.1 Å². The molecule has 9 nitrogen and oxygen atoms in total. The van der Waals surface area contributed by atoms with E-state index in [2.05, 4.69) is 25.7 Å². The van der Waals surface area contributed by atoms with Gasteiger partial charge in [-0.25, -0.2) is 9.67 Å². The smallest absolute Gasteiger partial charge is 0.229 e. The summed E-state index contributed by atoms with van der Waals surface area (Å²) in [7, 11) is 1.63. The molecule has 0 spiro atoms. The molecule has 3 heterocycles. The molecule has 0 aliphatic carbocycles. The maximum absolute atomic E-state index is 12.5. The van der Waals surface area contributed by atoms with Crippen LogP contribution in [-0.4, -0.2) is 39.3 Å². The number of carbonyl (C=O) groups is 1.